The molecule has 2 aromatic rings. The van der Waals surface area contributed by atoms with E-state index in [2.05, 4.69) is 23.9 Å². The highest BCUT2D eigenvalue weighted by Crippen LogP contribution is 2.26. The normalized spacial score (nSPS) is 16.1. The molecule has 0 saturated carbocycles. The second-order valence-corrected chi connectivity index (χ2v) is 8.58. The largest absolute Gasteiger partial charge is 0.361 e. The van der Waals surface area contributed by atoms with Crippen LogP contribution in [0.4, 0.5) is 10.1 Å². The van der Waals surface area contributed by atoms with E-state index in [0.29, 0.717) is 37.1 Å². The van der Waals surface area contributed by atoms with Gasteiger partial charge in [0.1, 0.15) is 11.6 Å². The van der Waals surface area contributed by atoms with Crippen LogP contribution in [0.3, 0.4) is 0 Å². The summed E-state index contributed by atoms with van der Waals surface area (Å²) in [5.74, 6) is -0.107. The Hall–Kier alpha value is -2.74. The zero-order valence-electron chi connectivity index (χ0n) is 19.4. The minimum atomic E-state index is -0.410. The van der Waals surface area contributed by atoms with Gasteiger partial charge in [0, 0.05) is 58.2 Å². The number of benzene rings is 1. The number of hydrogen-bond donors (Lipinski definition) is 0. The lowest BCUT2D eigenvalue weighted by Crippen LogP contribution is -2.41. The average Bonchev–Trinajstić information content (AvgIpc) is 3.19. The van der Waals surface area contributed by atoms with E-state index >= 15 is 0 Å². The summed E-state index contributed by atoms with van der Waals surface area (Å²) in [6.07, 6.45) is 2.37. The van der Waals surface area contributed by atoms with Crippen molar-refractivity contribution < 1.29 is 18.5 Å². The second-order valence-electron chi connectivity index (χ2n) is 8.58. The monoisotopic (exact) mass is 444 g/mol. The van der Waals surface area contributed by atoms with Crippen LogP contribution in [-0.2, 0) is 17.8 Å². The van der Waals surface area contributed by atoms with E-state index < -0.39 is 5.82 Å². The van der Waals surface area contributed by atoms with Crippen molar-refractivity contribution in [3.63, 3.8) is 0 Å². The van der Waals surface area contributed by atoms with Gasteiger partial charge in [-0.3, -0.25) is 14.5 Å². The molecule has 8 heteroatoms. The first-order valence-electron chi connectivity index (χ1n) is 11.4. The van der Waals surface area contributed by atoms with Crippen molar-refractivity contribution in [1.82, 2.24) is 15.0 Å². The Balaban J connectivity index is 1.98. The van der Waals surface area contributed by atoms with Crippen LogP contribution >= 0.6 is 0 Å². The van der Waals surface area contributed by atoms with Gasteiger partial charge in [-0.25, -0.2) is 4.39 Å². The maximum absolute atomic E-state index is 14.1. The minimum Gasteiger partial charge on any atom is -0.361 e. The van der Waals surface area contributed by atoms with Crippen molar-refractivity contribution in [2.75, 3.05) is 31.1 Å². The molecule has 7 nitrogen and oxygen atoms in total. The third-order valence-electron chi connectivity index (χ3n) is 5.86. The van der Waals surface area contributed by atoms with E-state index in [9.17, 15) is 14.0 Å². The van der Waals surface area contributed by atoms with Crippen molar-refractivity contribution in [2.24, 2.45) is 0 Å². The summed E-state index contributed by atoms with van der Waals surface area (Å²) >= 11 is 0. The van der Waals surface area contributed by atoms with E-state index in [1.807, 2.05) is 6.92 Å². The van der Waals surface area contributed by atoms with E-state index in [0.717, 1.165) is 31.4 Å². The van der Waals surface area contributed by atoms with Gasteiger partial charge in [0.25, 0.3) is 5.91 Å². The Bertz CT molecular complexity index is 943. The molecule has 1 aromatic carbocycles. The molecule has 0 aliphatic carbocycles. The molecule has 32 heavy (non-hydrogen) atoms. The highest BCUT2D eigenvalue weighted by molar-refractivity contribution is 5.94. The van der Waals surface area contributed by atoms with Gasteiger partial charge in [-0.1, -0.05) is 18.1 Å². The van der Waals surface area contributed by atoms with Crippen molar-refractivity contribution in [3.05, 3.63) is 47.1 Å². The van der Waals surface area contributed by atoms with Gasteiger partial charge in [0.2, 0.25) is 5.91 Å². The predicted octanol–water partition coefficient (Wildman–Crippen LogP) is 3.88. The molecule has 2 amide bonds. The molecule has 0 spiro atoms. The summed E-state index contributed by atoms with van der Waals surface area (Å²) in [5, 5.41) is 3.99. The van der Waals surface area contributed by atoms with Crippen molar-refractivity contribution in [1.29, 1.82) is 0 Å². The van der Waals surface area contributed by atoms with Gasteiger partial charge >= 0.3 is 0 Å². The van der Waals surface area contributed by atoms with Gasteiger partial charge in [0.05, 0.1) is 5.69 Å². The molecule has 0 fully saturated rings. The molecule has 2 heterocycles. The summed E-state index contributed by atoms with van der Waals surface area (Å²) in [6.45, 7) is 10.5. The molecule has 0 N–H and O–H groups in total. The fourth-order valence-electron chi connectivity index (χ4n) is 4.08. The lowest BCUT2D eigenvalue weighted by molar-refractivity contribution is -0.116. The molecule has 1 aromatic heterocycles. The van der Waals surface area contributed by atoms with Crippen LogP contribution in [0.15, 0.2) is 28.8 Å². The SMILES string of the molecule is CCCc1cc(C(=O)N2CCN(C(C)C)CCCN(C(C)=O)c3cc(F)ccc3C2)no1. The molecule has 1 aliphatic heterocycles. The number of aromatic nitrogens is 1. The van der Waals surface area contributed by atoms with E-state index in [1.54, 1.807) is 21.9 Å². The minimum absolute atomic E-state index is 0.147. The Kier molecular flexibility index (Phi) is 8.01. The number of carbonyl (C=O) groups excluding carboxylic acids is 2. The molecule has 1 aliphatic rings. The van der Waals surface area contributed by atoms with Gasteiger partial charge in [0.15, 0.2) is 5.69 Å². The van der Waals surface area contributed by atoms with Crippen LogP contribution in [0, 0.1) is 5.82 Å². The number of fused-ring (bicyclic) bond motifs is 1. The van der Waals surface area contributed by atoms with E-state index in [4.69, 9.17) is 4.52 Å². The number of anilines is 1. The first kappa shape index (κ1) is 23.9. The van der Waals surface area contributed by atoms with E-state index in [1.165, 1.54) is 19.1 Å². The van der Waals surface area contributed by atoms with Crippen molar-refractivity contribution >= 4 is 17.5 Å². The summed E-state index contributed by atoms with van der Waals surface area (Å²) in [6, 6.07) is 6.40. The second kappa shape index (κ2) is 10.7. The molecule has 0 atom stereocenters. The predicted molar refractivity (Wildman–Crippen MR) is 121 cm³/mol. The molecule has 0 radical (unpaired) electrons. The van der Waals surface area contributed by atoms with Crippen LogP contribution in [0.5, 0.6) is 0 Å². The lowest BCUT2D eigenvalue weighted by atomic mass is 10.1. The zero-order chi connectivity index (χ0) is 23.3. The van der Waals surface area contributed by atoms with Gasteiger partial charge < -0.3 is 14.3 Å². The van der Waals surface area contributed by atoms with Crippen LogP contribution in [0.2, 0.25) is 0 Å². The van der Waals surface area contributed by atoms with Crippen molar-refractivity contribution in [3.8, 4) is 0 Å². The van der Waals surface area contributed by atoms with Crippen LogP contribution in [0.1, 0.15) is 62.3 Å². The first-order chi connectivity index (χ1) is 15.3. The molecule has 3 rings (SSSR count). The van der Waals surface area contributed by atoms with E-state index in [-0.39, 0.29) is 24.1 Å². The zero-order valence-corrected chi connectivity index (χ0v) is 19.4. The summed E-state index contributed by atoms with van der Waals surface area (Å²) in [4.78, 5) is 31.4. The molecule has 174 valence electrons. The number of amides is 2. The number of aryl methyl sites for hydroxylation is 1. The van der Waals surface area contributed by atoms with Gasteiger partial charge in [-0.2, -0.15) is 0 Å². The number of carbonyl (C=O) groups is 2. The Morgan fingerprint density at radius 1 is 1.16 bits per heavy atom. The topological polar surface area (TPSA) is 69.9 Å². The Labute approximate surface area is 189 Å². The summed E-state index contributed by atoms with van der Waals surface area (Å²) < 4.78 is 19.5. The Morgan fingerprint density at radius 3 is 2.62 bits per heavy atom. The lowest BCUT2D eigenvalue weighted by Gasteiger charge is -2.29. The van der Waals surface area contributed by atoms with Crippen LogP contribution in [-0.4, -0.2) is 59.0 Å². The fraction of sp³-hybridized carbons (Fsp3) is 0.542. The highest BCUT2D eigenvalue weighted by Gasteiger charge is 2.25. The fourth-order valence-corrected chi connectivity index (χ4v) is 4.08. The van der Waals surface area contributed by atoms with Crippen molar-refractivity contribution in [2.45, 2.75) is 59.5 Å². The number of halogens is 1. The molecule has 0 bridgehead atoms. The third kappa shape index (κ3) is 5.73. The summed E-state index contributed by atoms with van der Waals surface area (Å²) in [5.41, 5.74) is 1.51. The van der Waals surface area contributed by atoms with Gasteiger partial charge in [-0.15, -0.1) is 0 Å². The number of hydrogen-bond acceptors (Lipinski definition) is 5. The highest BCUT2D eigenvalue weighted by atomic mass is 19.1. The average molecular weight is 445 g/mol. The van der Waals surface area contributed by atoms with Crippen LogP contribution in [0.25, 0.3) is 0 Å². The number of nitrogens with zero attached hydrogens (tertiary/aromatic N) is 4. The maximum atomic E-state index is 14.1. The number of rotatable bonds is 4. The molecule has 0 saturated heterocycles. The quantitative estimate of drug-likeness (QED) is 0.716. The smallest absolute Gasteiger partial charge is 0.276 e. The van der Waals surface area contributed by atoms with Gasteiger partial charge in [-0.05, 0) is 44.4 Å². The maximum Gasteiger partial charge on any atom is 0.276 e. The van der Waals surface area contributed by atoms with Crippen LogP contribution < -0.4 is 4.90 Å². The Morgan fingerprint density at radius 2 is 1.94 bits per heavy atom. The molecular formula is C24H33FN4O3. The molecule has 0 unspecified atom stereocenters. The summed E-state index contributed by atoms with van der Waals surface area (Å²) in [7, 11) is 0. The first-order valence-corrected chi connectivity index (χ1v) is 11.4. The standard InChI is InChI=1S/C24H33FN4O3/c1-5-7-21-15-22(26-32-21)24(31)28-13-12-27(17(2)3)10-6-11-29(18(4)30)23-14-20(25)9-8-19(23)16-28/h8-9,14-15,17H,5-7,10-13,16H2,1-4H3. The molecular weight excluding hydrogens is 411 g/mol. The third-order valence-corrected chi connectivity index (χ3v) is 5.86.